The third kappa shape index (κ3) is 4.62. The number of thiazole rings is 1. The van der Waals surface area contributed by atoms with E-state index in [2.05, 4.69) is 25.8 Å². The smallest absolute Gasteiger partial charge is 0.326 e. The van der Waals surface area contributed by atoms with Gasteiger partial charge in [0, 0.05) is 5.56 Å². The van der Waals surface area contributed by atoms with Crippen LogP contribution in [0.1, 0.15) is 43.6 Å². The van der Waals surface area contributed by atoms with Gasteiger partial charge in [-0.1, -0.05) is 50.3 Å². The van der Waals surface area contributed by atoms with Crippen LogP contribution in [0, 0.1) is 0 Å². The molecule has 2 aromatic carbocycles. The number of ether oxygens (including phenoxy) is 2. The molecule has 0 aliphatic heterocycles. The molecule has 0 N–H and O–H groups in total. The number of carbonyl (C=O) groups is 2. The fraction of sp³-hybridized carbons (Fsp3) is 0.348. The lowest BCUT2D eigenvalue weighted by Gasteiger charge is -2.18. The summed E-state index contributed by atoms with van der Waals surface area (Å²) in [5, 5.41) is 0. The van der Waals surface area contributed by atoms with E-state index in [9.17, 15) is 9.59 Å². The van der Waals surface area contributed by atoms with Crippen molar-refractivity contribution in [1.29, 1.82) is 0 Å². The number of para-hydroxylation sites is 1. The second-order valence-corrected chi connectivity index (χ2v) is 8.84. The van der Waals surface area contributed by atoms with Crippen molar-refractivity contribution >= 4 is 33.4 Å². The largest absolute Gasteiger partial charge is 0.495 e. The zero-order valence-electron chi connectivity index (χ0n) is 17.9. The molecule has 6 nitrogen and oxygen atoms in total. The molecule has 1 amide bonds. The number of rotatable bonds is 5. The maximum atomic E-state index is 12.8. The van der Waals surface area contributed by atoms with Crippen molar-refractivity contribution in [1.82, 2.24) is 4.57 Å². The van der Waals surface area contributed by atoms with Gasteiger partial charge in [0.15, 0.2) is 4.80 Å². The second kappa shape index (κ2) is 8.83. The van der Waals surface area contributed by atoms with Gasteiger partial charge in [0.25, 0.3) is 5.91 Å². The number of aromatic nitrogens is 1. The first-order valence-electron chi connectivity index (χ1n) is 9.76. The van der Waals surface area contributed by atoms with Crippen LogP contribution in [0.25, 0.3) is 10.2 Å². The van der Waals surface area contributed by atoms with Gasteiger partial charge in [0.2, 0.25) is 0 Å². The fourth-order valence-corrected chi connectivity index (χ4v) is 4.14. The summed E-state index contributed by atoms with van der Waals surface area (Å²) in [6.07, 6.45) is 0. The molecule has 0 radical (unpaired) electrons. The summed E-state index contributed by atoms with van der Waals surface area (Å²) < 4.78 is 13.1. The van der Waals surface area contributed by atoms with E-state index in [1.807, 2.05) is 30.3 Å². The molecule has 0 spiro atoms. The topological polar surface area (TPSA) is 69.9 Å². The van der Waals surface area contributed by atoms with Crippen LogP contribution >= 0.6 is 11.3 Å². The Morgan fingerprint density at radius 2 is 1.80 bits per heavy atom. The van der Waals surface area contributed by atoms with Crippen LogP contribution in [-0.2, 0) is 21.5 Å². The van der Waals surface area contributed by atoms with Crippen molar-refractivity contribution in [2.45, 2.75) is 39.7 Å². The molecule has 158 valence electrons. The first-order chi connectivity index (χ1) is 14.2. The molecule has 30 heavy (non-hydrogen) atoms. The number of esters is 1. The standard InChI is InChI=1S/C23H26N2O4S/c1-6-29-19(26)14-25-20-17(28-5)8-7-9-18(20)30-22(25)24-21(27)15-10-12-16(13-11-15)23(2,3)4/h7-13H,6,14H2,1-5H3. The average molecular weight is 427 g/mol. The van der Waals surface area contributed by atoms with Crippen LogP contribution in [0.2, 0.25) is 0 Å². The number of fused-ring (bicyclic) bond motifs is 1. The molecule has 0 atom stereocenters. The predicted octanol–water partition coefficient (Wildman–Crippen LogP) is 4.31. The zero-order valence-corrected chi connectivity index (χ0v) is 18.7. The molecule has 0 saturated carbocycles. The Balaban J connectivity index is 2.08. The molecule has 0 saturated heterocycles. The van der Waals surface area contributed by atoms with E-state index >= 15 is 0 Å². The van der Waals surface area contributed by atoms with E-state index < -0.39 is 5.97 Å². The highest BCUT2D eigenvalue weighted by Crippen LogP contribution is 2.27. The first kappa shape index (κ1) is 21.8. The van der Waals surface area contributed by atoms with Crippen LogP contribution in [-0.4, -0.2) is 30.2 Å². The van der Waals surface area contributed by atoms with Crippen LogP contribution in [0.3, 0.4) is 0 Å². The maximum Gasteiger partial charge on any atom is 0.326 e. The van der Waals surface area contributed by atoms with E-state index in [1.165, 1.54) is 11.3 Å². The van der Waals surface area contributed by atoms with Gasteiger partial charge in [-0.15, -0.1) is 0 Å². The van der Waals surface area contributed by atoms with Crippen molar-refractivity contribution in [3.63, 3.8) is 0 Å². The zero-order chi connectivity index (χ0) is 21.9. The fourth-order valence-electron chi connectivity index (χ4n) is 3.09. The van der Waals surface area contributed by atoms with Crippen molar-refractivity contribution in [3.8, 4) is 5.75 Å². The molecule has 0 bridgehead atoms. The van der Waals surface area contributed by atoms with Gasteiger partial charge < -0.3 is 14.0 Å². The van der Waals surface area contributed by atoms with Crippen LogP contribution in [0.15, 0.2) is 47.5 Å². The van der Waals surface area contributed by atoms with E-state index in [0.717, 1.165) is 10.3 Å². The quantitative estimate of drug-likeness (QED) is 0.570. The number of methoxy groups -OCH3 is 1. The molecule has 3 aromatic rings. The number of benzene rings is 2. The van der Waals surface area contributed by atoms with E-state index in [4.69, 9.17) is 9.47 Å². The molecule has 0 fully saturated rings. The predicted molar refractivity (Wildman–Crippen MR) is 118 cm³/mol. The van der Waals surface area contributed by atoms with Crippen molar-refractivity contribution in [2.75, 3.05) is 13.7 Å². The third-order valence-electron chi connectivity index (χ3n) is 4.67. The van der Waals surface area contributed by atoms with E-state index in [1.54, 1.807) is 30.7 Å². The molecular weight excluding hydrogens is 400 g/mol. The van der Waals surface area contributed by atoms with Crippen molar-refractivity contribution < 1.29 is 19.1 Å². The Morgan fingerprint density at radius 1 is 1.10 bits per heavy atom. The highest BCUT2D eigenvalue weighted by Gasteiger charge is 2.17. The lowest BCUT2D eigenvalue weighted by atomic mass is 9.87. The summed E-state index contributed by atoms with van der Waals surface area (Å²) in [4.78, 5) is 29.8. The number of nitrogens with zero attached hydrogens (tertiary/aromatic N) is 2. The van der Waals surface area contributed by atoms with Crippen LogP contribution in [0.4, 0.5) is 0 Å². The normalized spacial score (nSPS) is 12.2. The van der Waals surface area contributed by atoms with Gasteiger partial charge >= 0.3 is 5.97 Å². The lowest BCUT2D eigenvalue weighted by molar-refractivity contribution is -0.143. The van der Waals surface area contributed by atoms with Crippen LogP contribution < -0.4 is 9.54 Å². The summed E-state index contributed by atoms with van der Waals surface area (Å²) in [5.74, 6) is -0.151. The second-order valence-electron chi connectivity index (χ2n) is 7.83. The minimum Gasteiger partial charge on any atom is -0.495 e. The highest BCUT2D eigenvalue weighted by atomic mass is 32.1. The Hall–Kier alpha value is -2.93. The van der Waals surface area contributed by atoms with Gasteiger partial charge in [-0.25, -0.2) is 0 Å². The molecule has 0 aliphatic carbocycles. The Kier molecular flexibility index (Phi) is 6.41. The van der Waals surface area contributed by atoms with Gasteiger partial charge in [-0.2, -0.15) is 4.99 Å². The van der Waals surface area contributed by atoms with Gasteiger partial charge in [-0.05, 0) is 42.2 Å². The lowest BCUT2D eigenvalue weighted by Crippen LogP contribution is -2.23. The summed E-state index contributed by atoms with van der Waals surface area (Å²) in [6, 6.07) is 13.1. The summed E-state index contributed by atoms with van der Waals surface area (Å²) in [6.45, 7) is 8.35. The third-order valence-corrected chi connectivity index (χ3v) is 5.72. The number of hydrogen-bond acceptors (Lipinski definition) is 5. The number of carbonyl (C=O) groups excluding carboxylic acids is 2. The minimum absolute atomic E-state index is 0.00338. The Morgan fingerprint density at radius 3 is 2.40 bits per heavy atom. The molecule has 0 unspecified atom stereocenters. The SMILES string of the molecule is CCOC(=O)Cn1c(=NC(=O)c2ccc(C(C)(C)C)cc2)sc2cccc(OC)c21. The monoisotopic (exact) mass is 426 g/mol. The van der Waals surface area contributed by atoms with E-state index in [0.29, 0.717) is 21.6 Å². The minimum atomic E-state index is -0.397. The Labute approximate surface area is 179 Å². The molecule has 3 rings (SSSR count). The molecule has 0 aliphatic rings. The number of amides is 1. The highest BCUT2D eigenvalue weighted by molar-refractivity contribution is 7.16. The van der Waals surface area contributed by atoms with Gasteiger partial charge in [0.05, 0.1) is 18.4 Å². The van der Waals surface area contributed by atoms with Gasteiger partial charge in [0.1, 0.15) is 17.8 Å². The summed E-state index contributed by atoms with van der Waals surface area (Å²) in [7, 11) is 1.57. The van der Waals surface area contributed by atoms with Crippen LogP contribution in [0.5, 0.6) is 5.75 Å². The Bertz CT molecular complexity index is 1130. The van der Waals surface area contributed by atoms with Crippen molar-refractivity contribution in [2.24, 2.45) is 4.99 Å². The van der Waals surface area contributed by atoms with E-state index in [-0.39, 0.29) is 24.5 Å². The van der Waals surface area contributed by atoms with Gasteiger partial charge in [-0.3, -0.25) is 9.59 Å². The molecule has 1 heterocycles. The first-order valence-corrected chi connectivity index (χ1v) is 10.6. The summed E-state index contributed by atoms with van der Waals surface area (Å²) in [5.41, 5.74) is 2.36. The maximum absolute atomic E-state index is 12.8. The molecule has 7 heteroatoms. The molecular formula is C23H26N2O4S. The van der Waals surface area contributed by atoms with Crippen molar-refractivity contribution in [3.05, 3.63) is 58.4 Å². The molecule has 1 aromatic heterocycles. The average Bonchev–Trinajstić information content (AvgIpc) is 3.04. The number of hydrogen-bond donors (Lipinski definition) is 0. The summed E-state index contributed by atoms with van der Waals surface area (Å²) >= 11 is 1.33.